The molecule has 6 nitrogen and oxygen atoms in total. The lowest BCUT2D eigenvalue weighted by atomic mass is 9.92. The minimum atomic E-state index is -0.507. The second-order valence-corrected chi connectivity index (χ2v) is 8.16. The molecule has 0 aliphatic carbocycles. The van der Waals surface area contributed by atoms with Crippen LogP contribution in [-0.4, -0.2) is 48.5 Å². The second-order valence-electron chi connectivity index (χ2n) is 7.24. The molecule has 2 atom stereocenters. The highest BCUT2D eigenvalue weighted by Gasteiger charge is 2.25. The van der Waals surface area contributed by atoms with Gasteiger partial charge in [0.05, 0.1) is 19.3 Å². The number of fused-ring (bicyclic) bond motifs is 1. The summed E-state index contributed by atoms with van der Waals surface area (Å²) in [4.78, 5) is 30.0. The van der Waals surface area contributed by atoms with Crippen molar-refractivity contribution in [3.8, 4) is 0 Å². The van der Waals surface area contributed by atoms with Gasteiger partial charge in [-0.05, 0) is 36.5 Å². The van der Waals surface area contributed by atoms with E-state index in [0.29, 0.717) is 24.1 Å². The summed E-state index contributed by atoms with van der Waals surface area (Å²) < 4.78 is 5.72. The third kappa shape index (κ3) is 4.10. The van der Waals surface area contributed by atoms with Gasteiger partial charge in [-0.3, -0.25) is 9.69 Å². The number of anilines is 1. The fourth-order valence-corrected chi connectivity index (χ4v) is 4.21. The van der Waals surface area contributed by atoms with Gasteiger partial charge >= 0.3 is 5.97 Å². The summed E-state index contributed by atoms with van der Waals surface area (Å²) in [5, 5.41) is 3.69. The van der Waals surface area contributed by atoms with E-state index in [0.717, 1.165) is 28.5 Å². The van der Waals surface area contributed by atoms with Gasteiger partial charge in [-0.1, -0.05) is 29.8 Å². The van der Waals surface area contributed by atoms with Gasteiger partial charge < -0.3 is 15.0 Å². The number of aromatic amines is 1. The van der Waals surface area contributed by atoms with Gasteiger partial charge in [0.25, 0.3) is 0 Å². The van der Waals surface area contributed by atoms with Crippen LogP contribution in [0.3, 0.4) is 0 Å². The molecule has 0 unspecified atom stereocenters. The summed E-state index contributed by atoms with van der Waals surface area (Å²) in [6.07, 6.45) is 1.20. The molecule has 1 aromatic carbocycles. The molecule has 2 N–H and O–H groups in total. The first-order chi connectivity index (χ1) is 12.4. The Morgan fingerprint density at radius 1 is 1.31 bits per heavy atom. The number of benzene rings is 1. The minimum absolute atomic E-state index is 0.127. The third-order valence-electron chi connectivity index (χ3n) is 4.73. The first kappa shape index (κ1) is 18.9. The minimum Gasteiger partial charge on any atom is -0.464 e. The third-order valence-corrected chi connectivity index (χ3v) is 5.22. The van der Waals surface area contributed by atoms with Crippen molar-refractivity contribution >= 4 is 44.4 Å². The maximum atomic E-state index is 12.7. The Balaban J connectivity index is 1.83. The van der Waals surface area contributed by atoms with Crippen molar-refractivity contribution in [3.63, 3.8) is 0 Å². The average molecular weight is 422 g/mol. The van der Waals surface area contributed by atoms with Crippen molar-refractivity contribution in [2.45, 2.75) is 20.3 Å². The van der Waals surface area contributed by atoms with Crippen LogP contribution in [0.2, 0.25) is 0 Å². The number of aromatic nitrogens is 1. The highest BCUT2D eigenvalue weighted by Crippen LogP contribution is 2.31. The zero-order chi connectivity index (χ0) is 18.8. The maximum Gasteiger partial charge on any atom is 0.356 e. The van der Waals surface area contributed by atoms with Gasteiger partial charge in [-0.15, -0.1) is 0 Å². The van der Waals surface area contributed by atoms with Gasteiger partial charge in [0.1, 0.15) is 5.69 Å². The predicted octanol–water partition coefficient (Wildman–Crippen LogP) is 3.63. The summed E-state index contributed by atoms with van der Waals surface area (Å²) in [5.41, 5.74) is 1.50. The summed E-state index contributed by atoms with van der Waals surface area (Å²) >= 11 is 3.44. The largest absolute Gasteiger partial charge is 0.464 e. The molecule has 7 heteroatoms. The van der Waals surface area contributed by atoms with E-state index < -0.39 is 5.97 Å². The number of piperidine rings is 1. The molecule has 0 radical (unpaired) electrons. The van der Waals surface area contributed by atoms with Crippen molar-refractivity contribution in [1.82, 2.24) is 9.88 Å². The van der Waals surface area contributed by atoms with Crippen LogP contribution in [0.25, 0.3) is 10.9 Å². The number of carbonyl (C=O) groups is 2. The van der Waals surface area contributed by atoms with Gasteiger partial charge in [0.2, 0.25) is 5.91 Å². The Morgan fingerprint density at radius 3 is 2.65 bits per heavy atom. The number of nitrogens with zero attached hydrogens (tertiary/aromatic N) is 1. The van der Waals surface area contributed by atoms with Crippen molar-refractivity contribution in [1.29, 1.82) is 0 Å². The molecule has 1 aromatic heterocycles. The lowest BCUT2D eigenvalue weighted by Gasteiger charge is -2.34. The number of methoxy groups -OCH3 is 1. The van der Waals surface area contributed by atoms with E-state index in [-0.39, 0.29) is 11.6 Å². The molecule has 0 saturated carbocycles. The Morgan fingerprint density at radius 2 is 2.00 bits per heavy atom. The second kappa shape index (κ2) is 7.80. The normalized spacial score (nSPS) is 20.9. The van der Waals surface area contributed by atoms with E-state index in [1.807, 2.05) is 18.2 Å². The average Bonchev–Trinajstić information content (AvgIpc) is 2.91. The Hall–Kier alpha value is -1.86. The highest BCUT2D eigenvalue weighted by molar-refractivity contribution is 9.10. The molecular weight excluding hydrogens is 398 g/mol. The first-order valence-electron chi connectivity index (χ1n) is 8.79. The van der Waals surface area contributed by atoms with Gasteiger partial charge in [-0.2, -0.15) is 0 Å². The molecule has 1 amide bonds. The van der Waals surface area contributed by atoms with E-state index in [2.05, 4.69) is 45.0 Å². The van der Waals surface area contributed by atoms with Crippen LogP contribution in [0.4, 0.5) is 5.69 Å². The molecular formula is C19H24BrN3O3. The van der Waals surface area contributed by atoms with E-state index >= 15 is 0 Å². The maximum absolute atomic E-state index is 12.7. The SMILES string of the molecule is COC(=O)c1[nH]c2ccc(Br)cc2c1NC(=O)CN1C[C@@H](C)C[C@H](C)C1. The number of carbonyl (C=O) groups excluding carboxylic acids is 2. The summed E-state index contributed by atoms with van der Waals surface area (Å²) in [5.74, 6) is 0.535. The van der Waals surface area contributed by atoms with Crippen molar-refractivity contribution in [2.24, 2.45) is 11.8 Å². The molecule has 3 rings (SSSR count). The molecule has 140 valence electrons. The fourth-order valence-electron chi connectivity index (χ4n) is 3.85. The highest BCUT2D eigenvalue weighted by atomic mass is 79.9. The molecule has 1 fully saturated rings. The van der Waals surface area contributed by atoms with Crippen LogP contribution in [0, 0.1) is 11.8 Å². The van der Waals surface area contributed by atoms with Crippen molar-refractivity contribution in [2.75, 3.05) is 32.1 Å². The fraction of sp³-hybridized carbons (Fsp3) is 0.474. The number of halogens is 1. The number of hydrogen-bond acceptors (Lipinski definition) is 4. The number of likely N-dealkylation sites (tertiary alicyclic amines) is 1. The van der Waals surface area contributed by atoms with Gasteiger partial charge in [0.15, 0.2) is 0 Å². The van der Waals surface area contributed by atoms with E-state index in [9.17, 15) is 9.59 Å². The number of amides is 1. The lowest BCUT2D eigenvalue weighted by molar-refractivity contribution is -0.117. The molecule has 0 spiro atoms. The van der Waals surface area contributed by atoms with Crippen molar-refractivity contribution in [3.05, 3.63) is 28.4 Å². The molecule has 1 saturated heterocycles. The van der Waals surface area contributed by atoms with Gasteiger partial charge in [0, 0.05) is 28.5 Å². The van der Waals surface area contributed by atoms with Crippen LogP contribution < -0.4 is 5.32 Å². The number of nitrogens with one attached hydrogen (secondary N) is 2. The van der Waals surface area contributed by atoms with E-state index in [1.54, 1.807) is 0 Å². The standard InChI is InChI=1S/C19H24BrN3O3/c1-11-6-12(2)9-23(8-11)10-16(24)22-17-14-7-13(20)4-5-15(14)21-18(17)19(25)26-3/h4-5,7,11-12,21H,6,8-10H2,1-3H3,(H,22,24)/t11-,12-/m0/s1. The monoisotopic (exact) mass is 421 g/mol. The molecule has 26 heavy (non-hydrogen) atoms. The number of hydrogen-bond donors (Lipinski definition) is 2. The zero-order valence-electron chi connectivity index (χ0n) is 15.3. The molecule has 2 aromatic rings. The van der Waals surface area contributed by atoms with E-state index in [4.69, 9.17) is 4.74 Å². The number of ether oxygens (including phenoxy) is 1. The van der Waals surface area contributed by atoms with Crippen LogP contribution in [0.5, 0.6) is 0 Å². The number of H-pyrrole nitrogens is 1. The van der Waals surface area contributed by atoms with Crippen LogP contribution in [0.1, 0.15) is 30.8 Å². The Bertz CT molecular complexity index is 823. The molecule has 2 heterocycles. The number of esters is 1. The summed E-state index contributed by atoms with van der Waals surface area (Å²) in [6.45, 7) is 6.58. The quantitative estimate of drug-likeness (QED) is 0.738. The predicted molar refractivity (Wildman–Crippen MR) is 105 cm³/mol. The lowest BCUT2D eigenvalue weighted by Crippen LogP contribution is -2.42. The Kier molecular flexibility index (Phi) is 5.67. The van der Waals surface area contributed by atoms with Crippen LogP contribution in [0.15, 0.2) is 22.7 Å². The molecule has 0 bridgehead atoms. The van der Waals surface area contributed by atoms with Crippen molar-refractivity contribution < 1.29 is 14.3 Å². The summed E-state index contributed by atoms with van der Waals surface area (Å²) in [6, 6.07) is 5.61. The zero-order valence-corrected chi connectivity index (χ0v) is 16.9. The number of rotatable bonds is 4. The van der Waals surface area contributed by atoms with Gasteiger partial charge in [-0.25, -0.2) is 4.79 Å². The van der Waals surface area contributed by atoms with Crippen LogP contribution in [-0.2, 0) is 9.53 Å². The van der Waals surface area contributed by atoms with E-state index in [1.165, 1.54) is 13.5 Å². The topological polar surface area (TPSA) is 74.4 Å². The smallest absolute Gasteiger partial charge is 0.356 e. The Labute approximate surface area is 161 Å². The molecule has 1 aliphatic heterocycles. The first-order valence-corrected chi connectivity index (χ1v) is 9.58. The molecule has 1 aliphatic rings. The summed E-state index contributed by atoms with van der Waals surface area (Å²) in [7, 11) is 1.33. The van der Waals surface area contributed by atoms with Crippen LogP contribution >= 0.6 is 15.9 Å².